The van der Waals surface area contributed by atoms with E-state index in [2.05, 4.69) is 10.5 Å². The number of hydrogen-bond donors (Lipinski definition) is 2. The quantitative estimate of drug-likeness (QED) is 0.492. The number of para-hydroxylation sites is 1. The van der Waals surface area contributed by atoms with E-state index >= 15 is 0 Å². The zero-order valence-corrected chi connectivity index (χ0v) is 15.1. The molecular formula is C21H17ClN2O3. The van der Waals surface area contributed by atoms with E-state index in [1.807, 2.05) is 48.5 Å². The van der Waals surface area contributed by atoms with Crippen LogP contribution in [0.15, 0.2) is 77.9 Å². The average Bonchev–Trinajstić information content (AvgIpc) is 2.68. The van der Waals surface area contributed by atoms with Crippen LogP contribution in [0.4, 0.5) is 0 Å². The molecule has 0 bridgehead atoms. The van der Waals surface area contributed by atoms with Gasteiger partial charge in [0.2, 0.25) is 0 Å². The lowest BCUT2D eigenvalue weighted by Crippen LogP contribution is -2.17. The first-order chi connectivity index (χ1) is 13.1. The normalized spacial score (nSPS) is 10.7. The standard InChI is InChI=1S/C21H17ClN2O3/c22-19-7-3-1-5-16(19)14-27-17-11-9-15(10-12-17)13-23-24-21(26)18-6-2-4-8-20(18)25/h1-13,25H,14H2,(H,24,26)/b23-13-. The lowest BCUT2D eigenvalue weighted by atomic mass is 10.2. The molecule has 0 radical (unpaired) electrons. The highest BCUT2D eigenvalue weighted by molar-refractivity contribution is 6.31. The van der Waals surface area contributed by atoms with Crippen molar-refractivity contribution >= 4 is 23.7 Å². The molecule has 0 saturated heterocycles. The SMILES string of the molecule is O=C(N/N=C\c1ccc(OCc2ccccc2Cl)cc1)c1ccccc1O. The van der Waals surface area contributed by atoms with E-state index in [9.17, 15) is 9.90 Å². The Bertz CT molecular complexity index is 956. The van der Waals surface area contributed by atoms with Crippen molar-refractivity contribution < 1.29 is 14.6 Å². The van der Waals surface area contributed by atoms with Crippen LogP contribution in [-0.2, 0) is 6.61 Å². The van der Waals surface area contributed by atoms with E-state index in [1.165, 1.54) is 18.3 Å². The van der Waals surface area contributed by atoms with Gasteiger partial charge in [-0.15, -0.1) is 0 Å². The fourth-order valence-electron chi connectivity index (χ4n) is 2.32. The highest BCUT2D eigenvalue weighted by Crippen LogP contribution is 2.19. The van der Waals surface area contributed by atoms with Crippen LogP contribution in [0.25, 0.3) is 0 Å². The highest BCUT2D eigenvalue weighted by atomic mass is 35.5. The zero-order valence-electron chi connectivity index (χ0n) is 14.3. The van der Waals surface area contributed by atoms with E-state index < -0.39 is 5.91 Å². The number of halogens is 1. The molecule has 0 unspecified atom stereocenters. The molecule has 6 heteroatoms. The van der Waals surface area contributed by atoms with E-state index in [0.29, 0.717) is 17.4 Å². The minimum atomic E-state index is -0.482. The first-order valence-corrected chi connectivity index (χ1v) is 8.59. The maximum Gasteiger partial charge on any atom is 0.275 e. The van der Waals surface area contributed by atoms with Gasteiger partial charge in [-0.1, -0.05) is 41.9 Å². The first-order valence-electron chi connectivity index (χ1n) is 8.21. The summed E-state index contributed by atoms with van der Waals surface area (Å²) in [4.78, 5) is 11.9. The molecule has 0 saturated carbocycles. The van der Waals surface area contributed by atoms with Gasteiger partial charge < -0.3 is 9.84 Å². The Labute approximate surface area is 161 Å². The van der Waals surface area contributed by atoms with Crippen molar-refractivity contribution in [1.82, 2.24) is 5.43 Å². The molecule has 27 heavy (non-hydrogen) atoms. The summed E-state index contributed by atoms with van der Waals surface area (Å²) in [6.45, 7) is 0.379. The zero-order chi connectivity index (χ0) is 19.1. The number of nitrogens with one attached hydrogen (secondary N) is 1. The number of hydrazone groups is 1. The maximum atomic E-state index is 11.9. The van der Waals surface area contributed by atoms with Crippen LogP contribution in [0.3, 0.4) is 0 Å². The molecule has 0 aliphatic rings. The lowest BCUT2D eigenvalue weighted by molar-refractivity contribution is 0.0952. The molecule has 3 aromatic carbocycles. The molecule has 0 spiro atoms. The summed E-state index contributed by atoms with van der Waals surface area (Å²) in [6.07, 6.45) is 1.51. The van der Waals surface area contributed by atoms with Crippen molar-refractivity contribution in [3.8, 4) is 11.5 Å². The van der Waals surface area contributed by atoms with Gasteiger partial charge in [-0.05, 0) is 48.0 Å². The van der Waals surface area contributed by atoms with Crippen molar-refractivity contribution in [3.63, 3.8) is 0 Å². The Hall–Kier alpha value is -3.31. The third kappa shape index (κ3) is 5.09. The molecule has 0 aromatic heterocycles. The third-order valence-electron chi connectivity index (χ3n) is 3.76. The van der Waals surface area contributed by atoms with E-state index in [-0.39, 0.29) is 11.3 Å². The summed E-state index contributed by atoms with van der Waals surface area (Å²) in [7, 11) is 0. The highest BCUT2D eigenvalue weighted by Gasteiger charge is 2.08. The van der Waals surface area contributed by atoms with Gasteiger partial charge in [0.15, 0.2) is 0 Å². The fraction of sp³-hybridized carbons (Fsp3) is 0.0476. The minimum Gasteiger partial charge on any atom is -0.507 e. The first kappa shape index (κ1) is 18.5. The molecule has 3 aromatic rings. The molecular weight excluding hydrogens is 364 g/mol. The van der Waals surface area contributed by atoms with Crippen LogP contribution in [0, 0.1) is 0 Å². The number of phenolic OH excluding ortho intramolecular Hbond substituents is 1. The molecule has 136 valence electrons. The van der Waals surface area contributed by atoms with Crippen molar-refractivity contribution in [1.29, 1.82) is 0 Å². The smallest absolute Gasteiger partial charge is 0.275 e. The topological polar surface area (TPSA) is 70.9 Å². The minimum absolute atomic E-state index is 0.0924. The van der Waals surface area contributed by atoms with Gasteiger partial charge >= 0.3 is 0 Å². The Kier molecular flexibility index (Phi) is 6.07. The second-order valence-electron chi connectivity index (χ2n) is 5.67. The summed E-state index contributed by atoms with van der Waals surface area (Å²) < 4.78 is 5.72. The molecule has 1 amide bonds. The average molecular weight is 381 g/mol. The fourth-order valence-corrected chi connectivity index (χ4v) is 2.51. The largest absolute Gasteiger partial charge is 0.507 e. The summed E-state index contributed by atoms with van der Waals surface area (Å²) in [5.41, 5.74) is 4.25. The van der Waals surface area contributed by atoms with Crippen molar-refractivity contribution in [2.24, 2.45) is 5.10 Å². The van der Waals surface area contributed by atoms with Gasteiger partial charge in [0, 0.05) is 10.6 Å². The van der Waals surface area contributed by atoms with Gasteiger partial charge in [0.25, 0.3) is 5.91 Å². The maximum absolute atomic E-state index is 11.9. The Morgan fingerprint density at radius 1 is 1.04 bits per heavy atom. The summed E-state index contributed by atoms with van der Waals surface area (Å²) in [5, 5.41) is 14.2. The molecule has 5 nitrogen and oxygen atoms in total. The van der Waals surface area contributed by atoms with E-state index in [1.54, 1.807) is 12.1 Å². The molecule has 0 heterocycles. The molecule has 2 N–H and O–H groups in total. The number of ether oxygens (including phenoxy) is 1. The monoisotopic (exact) mass is 380 g/mol. The van der Waals surface area contributed by atoms with Gasteiger partial charge in [0.1, 0.15) is 18.1 Å². The molecule has 3 rings (SSSR count). The van der Waals surface area contributed by atoms with Crippen LogP contribution in [-0.4, -0.2) is 17.2 Å². The Balaban J connectivity index is 1.54. The Morgan fingerprint density at radius 3 is 2.48 bits per heavy atom. The summed E-state index contributed by atoms with van der Waals surface area (Å²) in [5.74, 6) is 0.125. The summed E-state index contributed by atoms with van der Waals surface area (Å²) in [6, 6.07) is 21.0. The number of carbonyl (C=O) groups is 1. The number of carbonyl (C=O) groups excluding carboxylic acids is 1. The number of aromatic hydroxyl groups is 1. The molecule has 0 aliphatic heterocycles. The summed E-state index contributed by atoms with van der Waals surface area (Å²) >= 11 is 6.10. The van der Waals surface area contributed by atoms with Crippen molar-refractivity contribution in [2.45, 2.75) is 6.61 Å². The number of amides is 1. The number of phenols is 1. The van der Waals surface area contributed by atoms with Crippen molar-refractivity contribution in [3.05, 3.63) is 94.5 Å². The Morgan fingerprint density at radius 2 is 1.74 bits per heavy atom. The number of benzene rings is 3. The lowest BCUT2D eigenvalue weighted by Gasteiger charge is -2.07. The number of rotatable bonds is 6. The van der Waals surface area contributed by atoms with Crippen LogP contribution in [0.2, 0.25) is 5.02 Å². The van der Waals surface area contributed by atoms with Crippen LogP contribution >= 0.6 is 11.6 Å². The van der Waals surface area contributed by atoms with Gasteiger partial charge in [-0.2, -0.15) is 5.10 Å². The van der Waals surface area contributed by atoms with Crippen LogP contribution in [0.5, 0.6) is 11.5 Å². The second kappa shape index (κ2) is 8.87. The predicted octanol–water partition coefficient (Wildman–Crippen LogP) is 4.39. The van der Waals surface area contributed by atoms with Crippen LogP contribution in [0.1, 0.15) is 21.5 Å². The second-order valence-corrected chi connectivity index (χ2v) is 6.07. The predicted molar refractivity (Wildman–Crippen MR) is 105 cm³/mol. The third-order valence-corrected chi connectivity index (χ3v) is 4.13. The molecule has 0 atom stereocenters. The van der Waals surface area contributed by atoms with Crippen LogP contribution < -0.4 is 10.2 Å². The van der Waals surface area contributed by atoms with Crippen molar-refractivity contribution in [2.75, 3.05) is 0 Å². The van der Waals surface area contributed by atoms with E-state index in [0.717, 1.165) is 11.1 Å². The van der Waals surface area contributed by atoms with Gasteiger partial charge in [0.05, 0.1) is 11.8 Å². The van der Waals surface area contributed by atoms with E-state index in [4.69, 9.17) is 16.3 Å². The van der Waals surface area contributed by atoms with Gasteiger partial charge in [-0.25, -0.2) is 5.43 Å². The molecule has 0 aliphatic carbocycles. The van der Waals surface area contributed by atoms with Gasteiger partial charge in [-0.3, -0.25) is 4.79 Å². The number of hydrogen-bond acceptors (Lipinski definition) is 4. The number of nitrogens with zero attached hydrogens (tertiary/aromatic N) is 1. The molecule has 0 fully saturated rings.